The second kappa shape index (κ2) is 9.09. The molecular formula is C16H26O2. The predicted octanol–water partition coefficient (Wildman–Crippen LogP) is 4.06. The van der Waals surface area contributed by atoms with Crippen molar-refractivity contribution in [3.8, 4) is 0 Å². The summed E-state index contributed by atoms with van der Waals surface area (Å²) in [6.07, 6.45) is 13.9. The molecule has 2 heteroatoms. The van der Waals surface area contributed by atoms with Crippen LogP contribution in [0.1, 0.15) is 52.4 Å². The van der Waals surface area contributed by atoms with E-state index in [4.69, 9.17) is 4.74 Å². The van der Waals surface area contributed by atoms with Crippen molar-refractivity contribution in [3.63, 3.8) is 0 Å². The highest BCUT2D eigenvalue weighted by atomic mass is 16.5. The smallest absolute Gasteiger partial charge is 0.161 e. The lowest BCUT2D eigenvalue weighted by atomic mass is 10.0. The van der Waals surface area contributed by atoms with Crippen LogP contribution in [0, 0.1) is 5.92 Å². The van der Waals surface area contributed by atoms with Gasteiger partial charge in [0.2, 0.25) is 0 Å². The molecule has 2 nitrogen and oxygen atoms in total. The molecule has 1 aliphatic carbocycles. The number of ether oxygens (including phenoxy) is 1. The van der Waals surface area contributed by atoms with Gasteiger partial charge in [0.15, 0.2) is 5.78 Å². The fourth-order valence-electron chi connectivity index (χ4n) is 1.94. The van der Waals surface area contributed by atoms with Crippen LogP contribution in [0.4, 0.5) is 0 Å². The summed E-state index contributed by atoms with van der Waals surface area (Å²) in [7, 11) is 0. The Hall–Kier alpha value is -0.890. The number of carbonyl (C=O) groups is 1. The van der Waals surface area contributed by atoms with Crippen LogP contribution in [-0.2, 0) is 9.53 Å². The SMILES string of the molecule is CC(C)COC1CCC=CCCC=CCCC1=O. The van der Waals surface area contributed by atoms with Crippen molar-refractivity contribution in [1.29, 1.82) is 0 Å². The maximum Gasteiger partial charge on any atom is 0.161 e. The lowest BCUT2D eigenvalue weighted by Crippen LogP contribution is -2.25. The van der Waals surface area contributed by atoms with Crippen LogP contribution in [0.15, 0.2) is 24.3 Å². The highest BCUT2D eigenvalue weighted by Crippen LogP contribution is 2.12. The molecule has 0 amide bonds. The molecule has 1 aliphatic rings. The van der Waals surface area contributed by atoms with E-state index < -0.39 is 0 Å². The van der Waals surface area contributed by atoms with Crippen LogP contribution >= 0.6 is 0 Å². The predicted molar refractivity (Wildman–Crippen MR) is 75.6 cm³/mol. The molecular weight excluding hydrogens is 224 g/mol. The van der Waals surface area contributed by atoms with Gasteiger partial charge in [-0.05, 0) is 38.0 Å². The molecule has 0 aromatic heterocycles. The molecule has 0 fully saturated rings. The molecule has 0 aliphatic heterocycles. The lowest BCUT2D eigenvalue weighted by molar-refractivity contribution is -0.131. The van der Waals surface area contributed by atoms with Crippen molar-refractivity contribution in [2.45, 2.75) is 58.5 Å². The average Bonchev–Trinajstić information content (AvgIpc) is 2.32. The number of carbonyl (C=O) groups excluding carboxylic acids is 1. The summed E-state index contributed by atoms with van der Waals surface area (Å²) in [6, 6.07) is 0. The van der Waals surface area contributed by atoms with Gasteiger partial charge in [-0.15, -0.1) is 0 Å². The van der Waals surface area contributed by atoms with Crippen LogP contribution < -0.4 is 0 Å². The zero-order valence-corrected chi connectivity index (χ0v) is 11.7. The summed E-state index contributed by atoms with van der Waals surface area (Å²) < 4.78 is 5.75. The summed E-state index contributed by atoms with van der Waals surface area (Å²) in [5.41, 5.74) is 0. The molecule has 0 radical (unpaired) electrons. The fraction of sp³-hybridized carbons (Fsp3) is 0.688. The maximum absolute atomic E-state index is 12.1. The molecule has 1 atom stereocenters. The standard InChI is InChI=1S/C16H26O2/c1-14(2)13-18-16-12-10-8-6-4-3-5-7-9-11-15(16)17/h5-8,14,16H,3-4,9-13H2,1-2H3. The van der Waals surface area contributed by atoms with E-state index in [0.29, 0.717) is 18.9 Å². The summed E-state index contributed by atoms with van der Waals surface area (Å²) in [6.45, 7) is 4.90. The Morgan fingerprint density at radius 3 is 2.39 bits per heavy atom. The highest BCUT2D eigenvalue weighted by molar-refractivity contribution is 5.83. The van der Waals surface area contributed by atoms with E-state index in [1.54, 1.807) is 0 Å². The second-order valence-electron chi connectivity index (χ2n) is 5.32. The van der Waals surface area contributed by atoms with Gasteiger partial charge in [-0.3, -0.25) is 4.79 Å². The Morgan fingerprint density at radius 2 is 1.72 bits per heavy atom. The van der Waals surface area contributed by atoms with Gasteiger partial charge in [-0.25, -0.2) is 0 Å². The minimum absolute atomic E-state index is 0.204. The Bertz CT molecular complexity index is 289. The van der Waals surface area contributed by atoms with Gasteiger partial charge in [0, 0.05) is 13.0 Å². The molecule has 0 saturated carbocycles. The van der Waals surface area contributed by atoms with Crippen LogP contribution in [-0.4, -0.2) is 18.5 Å². The van der Waals surface area contributed by atoms with Crippen LogP contribution in [0.25, 0.3) is 0 Å². The summed E-state index contributed by atoms with van der Waals surface area (Å²) in [5, 5.41) is 0. The molecule has 0 spiro atoms. The van der Waals surface area contributed by atoms with E-state index in [1.165, 1.54) is 0 Å². The normalized spacial score (nSPS) is 22.8. The van der Waals surface area contributed by atoms with Gasteiger partial charge < -0.3 is 4.74 Å². The summed E-state index contributed by atoms with van der Waals surface area (Å²) >= 11 is 0. The molecule has 1 unspecified atom stereocenters. The van der Waals surface area contributed by atoms with Gasteiger partial charge in [0.05, 0.1) is 0 Å². The van der Waals surface area contributed by atoms with E-state index in [0.717, 1.165) is 32.1 Å². The second-order valence-corrected chi connectivity index (χ2v) is 5.32. The van der Waals surface area contributed by atoms with Crippen molar-refractivity contribution in [2.75, 3.05) is 6.61 Å². The molecule has 1 rings (SSSR count). The van der Waals surface area contributed by atoms with E-state index in [-0.39, 0.29) is 11.9 Å². The van der Waals surface area contributed by atoms with Crippen LogP contribution in [0.5, 0.6) is 0 Å². The molecule has 0 aromatic rings. The molecule has 0 N–H and O–H groups in total. The average molecular weight is 250 g/mol. The van der Waals surface area contributed by atoms with Crippen molar-refractivity contribution in [2.24, 2.45) is 5.92 Å². The first kappa shape index (κ1) is 15.2. The van der Waals surface area contributed by atoms with Gasteiger partial charge in [-0.1, -0.05) is 38.2 Å². The van der Waals surface area contributed by atoms with Gasteiger partial charge in [-0.2, -0.15) is 0 Å². The topological polar surface area (TPSA) is 26.3 Å². The third kappa shape index (κ3) is 6.75. The number of Topliss-reactive ketones (excluding diaryl/α,β-unsaturated/α-hetero) is 1. The van der Waals surface area contributed by atoms with Crippen LogP contribution in [0.3, 0.4) is 0 Å². The van der Waals surface area contributed by atoms with Gasteiger partial charge in [0.1, 0.15) is 6.10 Å². The van der Waals surface area contributed by atoms with Gasteiger partial charge in [0.25, 0.3) is 0 Å². The Morgan fingerprint density at radius 1 is 1.11 bits per heavy atom. The van der Waals surface area contributed by atoms with Crippen molar-refractivity contribution >= 4 is 5.78 Å². The first-order chi connectivity index (χ1) is 8.70. The number of ketones is 1. The molecule has 0 aromatic carbocycles. The molecule has 0 saturated heterocycles. The van der Waals surface area contributed by atoms with Crippen molar-refractivity contribution in [3.05, 3.63) is 24.3 Å². The Kier molecular flexibility index (Phi) is 7.66. The zero-order chi connectivity index (χ0) is 13.2. The van der Waals surface area contributed by atoms with E-state index in [1.807, 2.05) is 0 Å². The third-order valence-corrected chi connectivity index (χ3v) is 2.98. The number of hydrogen-bond donors (Lipinski definition) is 0. The minimum atomic E-state index is -0.204. The Balaban J connectivity index is 2.51. The van der Waals surface area contributed by atoms with Crippen molar-refractivity contribution < 1.29 is 9.53 Å². The first-order valence-corrected chi connectivity index (χ1v) is 7.14. The van der Waals surface area contributed by atoms with E-state index in [9.17, 15) is 4.79 Å². The molecule has 0 bridgehead atoms. The summed E-state index contributed by atoms with van der Waals surface area (Å²) in [5.74, 6) is 0.740. The highest BCUT2D eigenvalue weighted by Gasteiger charge is 2.18. The quantitative estimate of drug-likeness (QED) is 0.706. The lowest BCUT2D eigenvalue weighted by Gasteiger charge is -2.17. The zero-order valence-electron chi connectivity index (χ0n) is 11.7. The molecule has 18 heavy (non-hydrogen) atoms. The summed E-state index contributed by atoms with van der Waals surface area (Å²) in [4.78, 5) is 12.1. The Labute approximate surface area is 111 Å². The van der Waals surface area contributed by atoms with Gasteiger partial charge >= 0.3 is 0 Å². The monoisotopic (exact) mass is 250 g/mol. The fourth-order valence-corrected chi connectivity index (χ4v) is 1.94. The number of rotatable bonds is 3. The molecule has 0 heterocycles. The number of allylic oxidation sites excluding steroid dienone is 4. The minimum Gasteiger partial charge on any atom is -0.370 e. The number of hydrogen-bond acceptors (Lipinski definition) is 2. The largest absolute Gasteiger partial charge is 0.370 e. The van der Waals surface area contributed by atoms with Crippen LogP contribution in [0.2, 0.25) is 0 Å². The van der Waals surface area contributed by atoms with Crippen molar-refractivity contribution in [1.82, 2.24) is 0 Å². The third-order valence-electron chi connectivity index (χ3n) is 2.98. The molecule has 102 valence electrons. The van der Waals surface area contributed by atoms with E-state index in [2.05, 4.69) is 38.2 Å². The van der Waals surface area contributed by atoms with E-state index >= 15 is 0 Å². The maximum atomic E-state index is 12.1. The first-order valence-electron chi connectivity index (χ1n) is 7.14.